The minimum atomic E-state index is 1.10. The zero-order valence-corrected chi connectivity index (χ0v) is 12.8. The van der Waals surface area contributed by atoms with Crippen LogP contribution in [0, 0.1) is 0 Å². The highest BCUT2D eigenvalue weighted by molar-refractivity contribution is 7.09. The minimum absolute atomic E-state index is 1.10. The molecule has 0 unspecified atom stereocenters. The summed E-state index contributed by atoms with van der Waals surface area (Å²) in [6.07, 6.45) is 5.40. The van der Waals surface area contributed by atoms with E-state index in [1.165, 1.54) is 37.1 Å². The summed E-state index contributed by atoms with van der Waals surface area (Å²) in [4.78, 5) is 3.98. The number of hydrogen-bond donors (Lipinski definition) is 1. The van der Waals surface area contributed by atoms with Crippen molar-refractivity contribution in [2.75, 3.05) is 26.2 Å². The lowest BCUT2D eigenvalue weighted by atomic mass is 10.2. The molecule has 0 bridgehead atoms. The lowest BCUT2D eigenvalue weighted by molar-refractivity contribution is 0.281. The van der Waals surface area contributed by atoms with Crippen molar-refractivity contribution in [1.29, 1.82) is 0 Å². The average molecular weight is 268 g/mol. The summed E-state index contributed by atoms with van der Waals surface area (Å²) in [6.45, 7) is 10.2. The van der Waals surface area contributed by atoms with Gasteiger partial charge in [-0.05, 0) is 31.0 Å². The number of rotatable bonds is 11. The zero-order chi connectivity index (χ0) is 13.1. The van der Waals surface area contributed by atoms with Gasteiger partial charge in [0.25, 0.3) is 0 Å². The van der Waals surface area contributed by atoms with E-state index in [2.05, 4.69) is 41.6 Å². The third-order valence-corrected chi connectivity index (χ3v) is 4.08. The van der Waals surface area contributed by atoms with E-state index in [0.717, 1.165) is 26.2 Å². The van der Waals surface area contributed by atoms with Crippen molar-refractivity contribution in [3.63, 3.8) is 0 Å². The van der Waals surface area contributed by atoms with Gasteiger partial charge < -0.3 is 5.32 Å². The van der Waals surface area contributed by atoms with E-state index in [9.17, 15) is 0 Å². The summed E-state index contributed by atoms with van der Waals surface area (Å²) in [6, 6.07) is 4.37. The van der Waals surface area contributed by atoms with Crippen molar-refractivity contribution < 1.29 is 0 Å². The number of unbranched alkanes of at least 4 members (excludes halogenated alkanes) is 3. The van der Waals surface area contributed by atoms with Crippen molar-refractivity contribution >= 4 is 11.3 Å². The summed E-state index contributed by atoms with van der Waals surface area (Å²) < 4.78 is 0. The highest BCUT2D eigenvalue weighted by Crippen LogP contribution is 2.11. The highest BCUT2D eigenvalue weighted by Gasteiger charge is 2.03. The van der Waals surface area contributed by atoms with Crippen LogP contribution in [0.3, 0.4) is 0 Å². The molecule has 0 aromatic carbocycles. The predicted octanol–water partition coefficient (Wildman–Crippen LogP) is 3.74. The molecule has 0 aliphatic carbocycles. The van der Waals surface area contributed by atoms with Gasteiger partial charge in [0.05, 0.1) is 0 Å². The Morgan fingerprint density at radius 3 is 2.72 bits per heavy atom. The summed E-state index contributed by atoms with van der Waals surface area (Å²) >= 11 is 1.86. The molecular formula is C15H28N2S. The van der Waals surface area contributed by atoms with Crippen LogP contribution in [0.1, 0.15) is 44.4 Å². The second kappa shape index (κ2) is 10.5. The molecule has 1 heterocycles. The Kier molecular flexibility index (Phi) is 9.17. The molecule has 0 spiro atoms. The maximum atomic E-state index is 3.55. The standard InChI is InChI=1S/C15H28N2S/c1-3-5-6-7-10-16-11-12-17(4-2)14-15-9-8-13-18-15/h8-9,13,16H,3-7,10-12,14H2,1-2H3. The van der Waals surface area contributed by atoms with Gasteiger partial charge in [-0.3, -0.25) is 4.90 Å². The second-order valence-electron chi connectivity index (χ2n) is 4.76. The van der Waals surface area contributed by atoms with Gasteiger partial charge >= 0.3 is 0 Å². The molecule has 0 atom stereocenters. The van der Waals surface area contributed by atoms with Gasteiger partial charge in [0.2, 0.25) is 0 Å². The smallest absolute Gasteiger partial charge is 0.0328 e. The SMILES string of the molecule is CCCCCCNCCN(CC)Cc1cccs1. The Bertz CT molecular complexity index is 272. The van der Waals surface area contributed by atoms with Crippen molar-refractivity contribution in [2.24, 2.45) is 0 Å². The Morgan fingerprint density at radius 2 is 2.06 bits per heavy atom. The molecule has 104 valence electrons. The Labute approximate surface area is 116 Å². The number of hydrogen-bond acceptors (Lipinski definition) is 3. The summed E-state index contributed by atoms with van der Waals surface area (Å²) in [5, 5.41) is 5.71. The first-order valence-electron chi connectivity index (χ1n) is 7.32. The van der Waals surface area contributed by atoms with Crippen molar-refractivity contribution in [3.8, 4) is 0 Å². The minimum Gasteiger partial charge on any atom is -0.315 e. The molecule has 1 N–H and O–H groups in total. The molecule has 0 fully saturated rings. The van der Waals surface area contributed by atoms with Gasteiger partial charge in [-0.15, -0.1) is 11.3 Å². The van der Waals surface area contributed by atoms with E-state index in [0.29, 0.717) is 0 Å². The summed E-state index contributed by atoms with van der Waals surface area (Å²) in [7, 11) is 0. The number of nitrogens with one attached hydrogen (secondary N) is 1. The largest absolute Gasteiger partial charge is 0.315 e. The van der Waals surface area contributed by atoms with Crippen LogP contribution in [-0.2, 0) is 6.54 Å². The fourth-order valence-electron chi connectivity index (χ4n) is 2.01. The van der Waals surface area contributed by atoms with Crippen LogP contribution in [0.2, 0.25) is 0 Å². The topological polar surface area (TPSA) is 15.3 Å². The van der Waals surface area contributed by atoms with Crippen LogP contribution in [0.15, 0.2) is 17.5 Å². The van der Waals surface area contributed by atoms with Crippen LogP contribution in [0.25, 0.3) is 0 Å². The Hall–Kier alpha value is -0.380. The fourth-order valence-corrected chi connectivity index (χ4v) is 2.76. The van der Waals surface area contributed by atoms with E-state index in [1.807, 2.05) is 11.3 Å². The lowest BCUT2D eigenvalue weighted by Crippen LogP contribution is -2.31. The first-order valence-corrected chi connectivity index (χ1v) is 8.20. The molecular weight excluding hydrogens is 240 g/mol. The van der Waals surface area contributed by atoms with Crippen LogP contribution in [-0.4, -0.2) is 31.1 Å². The summed E-state index contributed by atoms with van der Waals surface area (Å²) in [5.41, 5.74) is 0. The molecule has 1 aromatic heterocycles. The fraction of sp³-hybridized carbons (Fsp3) is 0.733. The van der Waals surface area contributed by atoms with Crippen LogP contribution >= 0.6 is 11.3 Å². The molecule has 1 rings (SSSR count). The van der Waals surface area contributed by atoms with E-state index in [1.54, 1.807) is 0 Å². The number of thiophene rings is 1. The van der Waals surface area contributed by atoms with Gasteiger partial charge in [-0.1, -0.05) is 39.2 Å². The van der Waals surface area contributed by atoms with Crippen molar-refractivity contribution in [1.82, 2.24) is 10.2 Å². The molecule has 0 saturated carbocycles. The second-order valence-corrected chi connectivity index (χ2v) is 5.79. The quantitative estimate of drug-likeness (QED) is 0.615. The highest BCUT2D eigenvalue weighted by atomic mass is 32.1. The van der Waals surface area contributed by atoms with Gasteiger partial charge in [0, 0.05) is 24.5 Å². The molecule has 0 aliphatic heterocycles. The van der Waals surface area contributed by atoms with Gasteiger partial charge in [-0.25, -0.2) is 0 Å². The average Bonchev–Trinajstić information content (AvgIpc) is 2.89. The van der Waals surface area contributed by atoms with Gasteiger partial charge in [-0.2, -0.15) is 0 Å². The first kappa shape index (κ1) is 15.7. The molecule has 0 amide bonds. The molecule has 18 heavy (non-hydrogen) atoms. The number of nitrogens with zero attached hydrogens (tertiary/aromatic N) is 1. The van der Waals surface area contributed by atoms with E-state index in [-0.39, 0.29) is 0 Å². The van der Waals surface area contributed by atoms with Crippen LogP contribution in [0.4, 0.5) is 0 Å². The van der Waals surface area contributed by atoms with Gasteiger partial charge in [0.1, 0.15) is 0 Å². The normalized spacial score (nSPS) is 11.3. The van der Waals surface area contributed by atoms with E-state index < -0.39 is 0 Å². The zero-order valence-electron chi connectivity index (χ0n) is 12.0. The molecule has 0 aliphatic rings. The summed E-state index contributed by atoms with van der Waals surface area (Å²) in [5.74, 6) is 0. The molecule has 3 heteroatoms. The number of likely N-dealkylation sites (N-methyl/N-ethyl adjacent to an activating group) is 1. The van der Waals surface area contributed by atoms with Crippen molar-refractivity contribution in [3.05, 3.63) is 22.4 Å². The molecule has 1 aromatic rings. The first-order chi connectivity index (χ1) is 8.86. The van der Waals surface area contributed by atoms with Gasteiger partial charge in [0.15, 0.2) is 0 Å². The Balaban J connectivity index is 2.01. The predicted molar refractivity (Wildman–Crippen MR) is 82.3 cm³/mol. The van der Waals surface area contributed by atoms with E-state index >= 15 is 0 Å². The molecule has 0 radical (unpaired) electrons. The van der Waals surface area contributed by atoms with Crippen molar-refractivity contribution in [2.45, 2.75) is 46.1 Å². The van der Waals surface area contributed by atoms with Crippen LogP contribution in [0.5, 0.6) is 0 Å². The maximum absolute atomic E-state index is 3.55. The monoisotopic (exact) mass is 268 g/mol. The lowest BCUT2D eigenvalue weighted by Gasteiger charge is -2.19. The molecule has 0 saturated heterocycles. The van der Waals surface area contributed by atoms with Crippen LogP contribution < -0.4 is 5.32 Å². The third-order valence-electron chi connectivity index (χ3n) is 3.22. The third kappa shape index (κ3) is 7.14. The Morgan fingerprint density at radius 1 is 1.17 bits per heavy atom. The van der Waals surface area contributed by atoms with E-state index in [4.69, 9.17) is 0 Å². The maximum Gasteiger partial charge on any atom is 0.0328 e. The molecule has 2 nitrogen and oxygen atoms in total.